The molecular weight excluding hydrogens is 408 g/mol. The minimum Gasteiger partial charge on any atom is -0.477 e. The first-order valence-electron chi connectivity index (χ1n) is 10.0. The minimum absolute atomic E-state index is 0.0367. The van der Waals surface area contributed by atoms with Gasteiger partial charge in [0.15, 0.2) is 5.70 Å². The number of hydrogen-bond donors (Lipinski definition) is 2. The second-order valence-corrected chi connectivity index (χ2v) is 10.1. The number of carboxylic acid groups (broad SMARTS) is 1. The fourth-order valence-corrected chi connectivity index (χ4v) is 6.85. The van der Waals surface area contributed by atoms with Crippen LogP contribution in [0.2, 0.25) is 0 Å². The highest BCUT2D eigenvalue weighted by atomic mass is 32.2. The number of benzene rings is 1. The second-order valence-electron chi connectivity index (χ2n) is 7.62. The largest absolute Gasteiger partial charge is 0.477 e. The summed E-state index contributed by atoms with van der Waals surface area (Å²) >= 11 is 2.74. The molecule has 6 nitrogen and oxygen atoms in total. The van der Waals surface area contributed by atoms with E-state index in [2.05, 4.69) is 32.9 Å². The van der Waals surface area contributed by atoms with E-state index in [4.69, 9.17) is 0 Å². The van der Waals surface area contributed by atoms with Gasteiger partial charge in [0.05, 0.1) is 35.9 Å². The number of hydrogen-bond acceptors (Lipinski definition) is 5. The third kappa shape index (κ3) is 4.08. The molecule has 29 heavy (non-hydrogen) atoms. The van der Waals surface area contributed by atoms with Crippen LogP contribution in [-0.2, 0) is 16.1 Å². The first-order valence-corrected chi connectivity index (χ1v) is 11.7. The highest BCUT2D eigenvalue weighted by Gasteiger charge is 2.57. The fourth-order valence-electron chi connectivity index (χ4n) is 3.98. The number of carbonyl (C=O) groups excluding carboxylic acids is 1. The Hall–Kier alpha value is -1.48. The molecule has 2 heterocycles. The molecular formula is C21H29N2O4S2+. The third-order valence-electron chi connectivity index (χ3n) is 6.13. The zero-order valence-corrected chi connectivity index (χ0v) is 18.9. The molecule has 3 atom stereocenters. The number of thioether (sulfide) groups is 2. The molecule has 0 unspecified atom stereocenters. The van der Waals surface area contributed by atoms with Crippen molar-refractivity contribution in [3.63, 3.8) is 0 Å². The van der Waals surface area contributed by atoms with Crippen LogP contribution in [0, 0.1) is 5.92 Å². The smallest absolute Gasteiger partial charge is 0.354 e. The summed E-state index contributed by atoms with van der Waals surface area (Å²) < 4.78 is 1.64. The summed E-state index contributed by atoms with van der Waals surface area (Å²) in [6.45, 7) is 12.5. The molecule has 0 bridgehead atoms. The van der Waals surface area contributed by atoms with E-state index in [0.717, 1.165) is 35.6 Å². The fraction of sp³-hybridized carbons (Fsp3) is 0.524. The van der Waals surface area contributed by atoms with Gasteiger partial charge in [-0.2, -0.15) is 0 Å². The zero-order chi connectivity index (χ0) is 21.3. The summed E-state index contributed by atoms with van der Waals surface area (Å²) in [4.78, 5) is 26.3. The Balaban J connectivity index is 1.76. The van der Waals surface area contributed by atoms with Gasteiger partial charge in [-0.15, -0.1) is 0 Å². The molecule has 1 saturated heterocycles. The van der Waals surface area contributed by atoms with Crippen LogP contribution < -0.4 is 0 Å². The Morgan fingerprint density at radius 1 is 1.21 bits per heavy atom. The standard InChI is InChI=1S/C21H28N2O4S2/c1-5-23(6-2,7-3)12-14-8-10-15(11-9-14)28-21-17(20(26)27)22-18(25)16(13(4)24)19(22)29-21/h8-11,13,16,19,24H,5-7,12H2,1-4H3/p+1/t13-,16+,19-/m1/s1. The predicted octanol–water partition coefficient (Wildman–Crippen LogP) is 3.32. The molecule has 1 aromatic rings. The minimum atomic E-state index is -1.10. The van der Waals surface area contributed by atoms with E-state index in [-0.39, 0.29) is 17.0 Å². The quantitative estimate of drug-likeness (QED) is 0.456. The first kappa shape index (κ1) is 22.2. The lowest BCUT2D eigenvalue weighted by Crippen LogP contribution is -2.60. The summed E-state index contributed by atoms with van der Waals surface area (Å²) in [6.07, 6.45) is -0.788. The normalized spacial score (nSPS) is 22.5. The second kappa shape index (κ2) is 8.71. The Bertz CT molecular complexity index is 810. The first-order chi connectivity index (χ1) is 13.8. The van der Waals surface area contributed by atoms with Crippen LogP contribution in [0.3, 0.4) is 0 Å². The monoisotopic (exact) mass is 437 g/mol. The van der Waals surface area contributed by atoms with E-state index in [0.29, 0.717) is 4.24 Å². The molecule has 1 aromatic carbocycles. The highest BCUT2D eigenvalue weighted by molar-refractivity contribution is 8.22. The van der Waals surface area contributed by atoms with Gasteiger partial charge in [-0.3, -0.25) is 9.69 Å². The van der Waals surface area contributed by atoms with Crippen LogP contribution in [0.25, 0.3) is 0 Å². The number of carboxylic acids is 1. The van der Waals surface area contributed by atoms with Crippen LogP contribution >= 0.6 is 23.5 Å². The lowest BCUT2D eigenvalue weighted by Gasteiger charge is -2.43. The maximum atomic E-state index is 12.3. The Morgan fingerprint density at radius 2 is 1.79 bits per heavy atom. The lowest BCUT2D eigenvalue weighted by molar-refractivity contribution is -0.936. The van der Waals surface area contributed by atoms with Gasteiger partial charge in [0.1, 0.15) is 11.9 Å². The van der Waals surface area contributed by atoms with Crippen molar-refractivity contribution in [2.75, 3.05) is 19.6 Å². The van der Waals surface area contributed by atoms with Crippen LogP contribution in [0.1, 0.15) is 33.3 Å². The molecule has 1 fully saturated rings. The van der Waals surface area contributed by atoms with Gasteiger partial charge in [-0.1, -0.05) is 35.7 Å². The Kier molecular flexibility index (Phi) is 6.67. The van der Waals surface area contributed by atoms with E-state index < -0.39 is 18.0 Å². The van der Waals surface area contributed by atoms with E-state index in [1.807, 2.05) is 12.1 Å². The Morgan fingerprint density at radius 3 is 2.28 bits per heavy atom. The number of β-lactam (4-membered cyclic amide) rings is 1. The number of amides is 1. The maximum Gasteiger partial charge on any atom is 0.354 e. The highest BCUT2D eigenvalue weighted by Crippen LogP contribution is 2.55. The molecule has 0 aromatic heterocycles. The van der Waals surface area contributed by atoms with Crippen molar-refractivity contribution in [1.82, 2.24) is 4.90 Å². The van der Waals surface area contributed by atoms with E-state index >= 15 is 0 Å². The van der Waals surface area contributed by atoms with Crippen molar-refractivity contribution in [1.29, 1.82) is 0 Å². The molecule has 3 rings (SSSR count). The van der Waals surface area contributed by atoms with Gasteiger partial charge in [0.2, 0.25) is 5.91 Å². The number of aliphatic carboxylic acids is 1. The van der Waals surface area contributed by atoms with Gasteiger partial charge in [0, 0.05) is 10.5 Å². The number of fused-ring (bicyclic) bond motifs is 1. The number of aliphatic hydroxyl groups excluding tert-OH is 1. The van der Waals surface area contributed by atoms with Crippen LogP contribution in [-0.4, -0.2) is 62.6 Å². The lowest BCUT2D eigenvalue weighted by atomic mass is 9.92. The summed E-state index contributed by atoms with van der Waals surface area (Å²) in [6, 6.07) is 8.25. The van der Waals surface area contributed by atoms with Crippen molar-refractivity contribution in [3.05, 3.63) is 39.8 Å². The van der Waals surface area contributed by atoms with Gasteiger partial charge >= 0.3 is 5.97 Å². The van der Waals surface area contributed by atoms with Crippen molar-refractivity contribution >= 4 is 35.4 Å². The number of aliphatic hydroxyl groups is 1. The molecule has 0 spiro atoms. The third-order valence-corrected chi connectivity index (χ3v) is 8.71. The van der Waals surface area contributed by atoms with Crippen LogP contribution in [0.15, 0.2) is 39.1 Å². The van der Waals surface area contributed by atoms with Crippen molar-refractivity contribution in [2.45, 2.75) is 50.6 Å². The van der Waals surface area contributed by atoms with Gasteiger partial charge in [0.25, 0.3) is 0 Å². The molecule has 0 radical (unpaired) electrons. The average Bonchev–Trinajstić information content (AvgIpc) is 3.01. The molecule has 1 amide bonds. The summed E-state index contributed by atoms with van der Waals surface area (Å²) in [5.74, 6) is -1.96. The SMILES string of the molecule is CC[N+](CC)(CC)Cc1ccc(SC2=C(C(=O)O)N3C(=O)[C@H]([C@@H](C)O)[C@H]3S2)cc1. The van der Waals surface area contributed by atoms with E-state index in [1.165, 1.54) is 34.0 Å². The molecule has 2 aliphatic rings. The summed E-state index contributed by atoms with van der Waals surface area (Å²) in [5.41, 5.74) is 1.30. The van der Waals surface area contributed by atoms with E-state index in [9.17, 15) is 19.8 Å². The van der Waals surface area contributed by atoms with Gasteiger partial charge < -0.3 is 14.7 Å². The molecule has 2 N–H and O–H groups in total. The molecule has 158 valence electrons. The van der Waals surface area contributed by atoms with Crippen molar-refractivity contribution in [2.24, 2.45) is 5.92 Å². The Labute approximate surface area is 180 Å². The van der Waals surface area contributed by atoms with Crippen LogP contribution in [0.4, 0.5) is 0 Å². The van der Waals surface area contributed by atoms with Crippen LogP contribution in [0.5, 0.6) is 0 Å². The molecule has 0 saturated carbocycles. The van der Waals surface area contributed by atoms with Gasteiger partial charge in [-0.25, -0.2) is 4.79 Å². The van der Waals surface area contributed by atoms with Gasteiger partial charge in [-0.05, 0) is 39.8 Å². The zero-order valence-electron chi connectivity index (χ0n) is 17.3. The molecule has 8 heteroatoms. The number of nitrogens with zero attached hydrogens (tertiary/aromatic N) is 2. The number of quaternary nitrogens is 1. The van der Waals surface area contributed by atoms with Crippen molar-refractivity contribution in [3.8, 4) is 0 Å². The number of carbonyl (C=O) groups is 2. The summed E-state index contributed by atoms with van der Waals surface area (Å²) in [7, 11) is 0. The molecule has 0 aliphatic carbocycles. The predicted molar refractivity (Wildman–Crippen MR) is 116 cm³/mol. The number of rotatable bonds is 9. The summed E-state index contributed by atoms with van der Waals surface area (Å²) in [5, 5.41) is 19.1. The topological polar surface area (TPSA) is 77.8 Å². The molecule has 2 aliphatic heterocycles. The average molecular weight is 438 g/mol. The van der Waals surface area contributed by atoms with Crippen molar-refractivity contribution < 1.29 is 24.3 Å². The maximum absolute atomic E-state index is 12.3. The van der Waals surface area contributed by atoms with E-state index in [1.54, 1.807) is 6.92 Å².